The summed E-state index contributed by atoms with van der Waals surface area (Å²) in [5.74, 6) is 2.34. The Morgan fingerprint density at radius 3 is 2.48 bits per heavy atom. The number of nitrogens with one attached hydrogen (secondary N) is 3. The summed E-state index contributed by atoms with van der Waals surface area (Å²) in [7, 11) is 4.13. The van der Waals surface area contributed by atoms with Crippen LogP contribution in [0.1, 0.15) is 49.8 Å². The van der Waals surface area contributed by atoms with E-state index in [2.05, 4.69) is 34.9 Å². The molecule has 8 heteroatoms. The summed E-state index contributed by atoms with van der Waals surface area (Å²) >= 11 is 1.69. The fourth-order valence-corrected chi connectivity index (χ4v) is 5.20. The zero-order valence-electron chi connectivity index (χ0n) is 20.0. The fourth-order valence-electron chi connectivity index (χ4n) is 4.79. The van der Waals surface area contributed by atoms with Crippen molar-refractivity contribution in [2.24, 2.45) is 5.92 Å². The highest BCUT2D eigenvalue weighted by molar-refractivity contribution is 7.98. The van der Waals surface area contributed by atoms with Crippen LogP contribution in [0.15, 0.2) is 29.2 Å². The number of rotatable bonds is 7. The van der Waals surface area contributed by atoms with E-state index in [1.54, 1.807) is 11.8 Å². The largest absolute Gasteiger partial charge is 0.362 e. The molecule has 1 aromatic heterocycles. The van der Waals surface area contributed by atoms with Gasteiger partial charge in [0, 0.05) is 42.8 Å². The number of urea groups is 1. The number of hydrogen-bond donors (Lipinski definition) is 3. The van der Waals surface area contributed by atoms with Gasteiger partial charge in [-0.05, 0) is 87.8 Å². The third-order valence-electron chi connectivity index (χ3n) is 6.66. The number of aryl methyl sites for hydroxylation is 1. The predicted octanol–water partition coefficient (Wildman–Crippen LogP) is 4.94. The minimum Gasteiger partial charge on any atom is -0.362 e. The molecule has 178 valence electrons. The maximum absolute atomic E-state index is 12.3. The molecular weight excluding hydrogens is 432 g/mol. The summed E-state index contributed by atoms with van der Waals surface area (Å²) in [4.78, 5) is 25.3. The van der Waals surface area contributed by atoms with Crippen LogP contribution in [0.2, 0.25) is 0 Å². The van der Waals surface area contributed by atoms with Crippen LogP contribution in [0.25, 0.3) is 0 Å². The molecule has 2 aliphatic carbocycles. The quantitative estimate of drug-likeness (QED) is 0.500. The van der Waals surface area contributed by atoms with Crippen LogP contribution in [0.5, 0.6) is 0 Å². The Bertz CT molecular complexity index is 941. The Labute approximate surface area is 201 Å². The Morgan fingerprint density at radius 1 is 1.06 bits per heavy atom. The number of nitrogens with zero attached hydrogens (tertiary/aromatic N) is 3. The van der Waals surface area contributed by atoms with Crippen LogP contribution in [-0.2, 0) is 12.8 Å². The fraction of sp³-hybridized carbons (Fsp3) is 0.560. The van der Waals surface area contributed by atoms with Crippen LogP contribution >= 0.6 is 11.8 Å². The number of benzene rings is 1. The van der Waals surface area contributed by atoms with E-state index in [0.29, 0.717) is 18.5 Å². The topological polar surface area (TPSA) is 82.2 Å². The number of carbonyl (C=O) groups is 1. The first-order chi connectivity index (χ1) is 16.0. The normalized spacial score (nSPS) is 20.0. The number of fused-ring (bicyclic) bond motifs is 1. The molecule has 0 radical (unpaired) electrons. The molecule has 1 aromatic carbocycles. The van der Waals surface area contributed by atoms with Crippen molar-refractivity contribution in [3.05, 3.63) is 35.5 Å². The third-order valence-corrected chi connectivity index (χ3v) is 7.41. The monoisotopic (exact) mass is 468 g/mol. The van der Waals surface area contributed by atoms with Crippen molar-refractivity contribution in [2.45, 2.75) is 62.3 Å². The van der Waals surface area contributed by atoms with Gasteiger partial charge in [0.05, 0.1) is 5.69 Å². The van der Waals surface area contributed by atoms with Gasteiger partial charge in [0.1, 0.15) is 5.82 Å². The van der Waals surface area contributed by atoms with Gasteiger partial charge in [0.25, 0.3) is 0 Å². The minimum absolute atomic E-state index is 0.133. The molecule has 4 rings (SSSR count). The Kier molecular flexibility index (Phi) is 7.96. The summed E-state index contributed by atoms with van der Waals surface area (Å²) in [6.07, 6.45) is 10.9. The van der Waals surface area contributed by atoms with Crippen LogP contribution in [0, 0.1) is 5.92 Å². The second-order valence-electron chi connectivity index (χ2n) is 9.32. The minimum atomic E-state index is -0.133. The molecule has 1 saturated carbocycles. The molecule has 0 aliphatic heterocycles. The number of anilines is 3. The zero-order valence-corrected chi connectivity index (χ0v) is 20.8. The molecule has 0 bridgehead atoms. The van der Waals surface area contributed by atoms with Crippen molar-refractivity contribution in [2.75, 3.05) is 42.4 Å². The highest BCUT2D eigenvalue weighted by Crippen LogP contribution is 2.30. The number of carbonyl (C=O) groups excluding carboxylic acids is 1. The van der Waals surface area contributed by atoms with Crippen molar-refractivity contribution in [1.82, 2.24) is 15.3 Å². The maximum atomic E-state index is 12.3. The lowest BCUT2D eigenvalue weighted by Crippen LogP contribution is -2.36. The van der Waals surface area contributed by atoms with Crippen LogP contribution in [0.4, 0.5) is 22.2 Å². The Hall–Kier alpha value is -2.48. The van der Waals surface area contributed by atoms with E-state index >= 15 is 0 Å². The molecule has 0 saturated heterocycles. The summed E-state index contributed by atoms with van der Waals surface area (Å²) in [6.45, 7) is 0.710. The van der Waals surface area contributed by atoms with Gasteiger partial charge in [-0.15, -0.1) is 11.8 Å². The van der Waals surface area contributed by atoms with Gasteiger partial charge in [-0.1, -0.05) is 0 Å². The SMILES string of the molecule is CSc1ccc(NC(=O)NCC2CCC(Nc3nc4c(c(N(C)C)n3)CCCC4)CC2)cc1. The van der Waals surface area contributed by atoms with Crippen molar-refractivity contribution in [3.8, 4) is 0 Å². The maximum Gasteiger partial charge on any atom is 0.319 e. The summed E-state index contributed by atoms with van der Waals surface area (Å²) < 4.78 is 0. The first kappa shape index (κ1) is 23.7. The van der Waals surface area contributed by atoms with Gasteiger partial charge < -0.3 is 20.9 Å². The van der Waals surface area contributed by atoms with Crippen molar-refractivity contribution >= 4 is 35.2 Å². The summed E-state index contributed by atoms with van der Waals surface area (Å²) in [5, 5.41) is 9.57. The second-order valence-corrected chi connectivity index (χ2v) is 10.2. The molecule has 0 spiro atoms. The second kappa shape index (κ2) is 11.1. The number of hydrogen-bond acceptors (Lipinski definition) is 6. The summed E-state index contributed by atoms with van der Waals surface area (Å²) in [5.41, 5.74) is 3.36. The van der Waals surface area contributed by atoms with Gasteiger partial charge in [-0.3, -0.25) is 0 Å². The third kappa shape index (κ3) is 6.31. The molecule has 2 aromatic rings. The molecule has 1 heterocycles. The molecule has 0 atom stereocenters. The first-order valence-corrected chi connectivity index (χ1v) is 13.3. The molecule has 3 N–H and O–H groups in total. The van der Waals surface area contributed by atoms with E-state index in [-0.39, 0.29) is 6.03 Å². The Morgan fingerprint density at radius 2 is 1.79 bits per heavy atom. The van der Waals surface area contributed by atoms with Crippen molar-refractivity contribution in [1.29, 1.82) is 0 Å². The van der Waals surface area contributed by atoms with E-state index < -0.39 is 0 Å². The van der Waals surface area contributed by atoms with E-state index in [0.717, 1.165) is 56.0 Å². The van der Waals surface area contributed by atoms with E-state index in [4.69, 9.17) is 9.97 Å². The Balaban J connectivity index is 1.24. The zero-order chi connectivity index (χ0) is 23.2. The molecule has 2 aliphatic rings. The summed E-state index contributed by atoms with van der Waals surface area (Å²) in [6, 6.07) is 8.16. The molecule has 2 amide bonds. The lowest BCUT2D eigenvalue weighted by atomic mass is 9.86. The smallest absolute Gasteiger partial charge is 0.319 e. The molecule has 0 unspecified atom stereocenters. The van der Waals surface area contributed by atoms with Crippen molar-refractivity contribution in [3.63, 3.8) is 0 Å². The number of thioether (sulfide) groups is 1. The van der Waals surface area contributed by atoms with E-state index in [1.165, 1.54) is 29.0 Å². The lowest BCUT2D eigenvalue weighted by molar-refractivity contribution is 0.246. The van der Waals surface area contributed by atoms with Crippen LogP contribution in [-0.4, -0.2) is 48.9 Å². The average Bonchev–Trinajstić information content (AvgIpc) is 2.83. The van der Waals surface area contributed by atoms with E-state index in [9.17, 15) is 4.79 Å². The first-order valence-electron chi connectivity index (χ1n) is 12.0. The molecule has 1 fully saturated rings. The van der Waals surface area contributed by atoms with Gasteiger partial charge in [0.2, 0.25) is 5.95 Å². The van der Waals surface area contributed by atoms with Gasteiger partial charge >= 0.3 is 6.03 Å². The highest BCUT2D eigenvalue weighted by atomic mass is 32.2. The van der Waals surface area contributed by atoms with Crippen LogP contribution in [0.3, 0.4) is 0 Å². The van der Waals surface area contributed by atoms with E-state index in [1.807, 2.05) is 30.5 Å². The standard InChI is InChI=1S/C25H36N6OS/c1-31(2)23-21-6-4-5-7-22(21)29-24(30-23)27-18-10-8-17(9-11-18)16-26-25(32)28-19-12-14-20(33-3)15-13-19/h12-15,17-18H,4-11,16H2,1-3H3,(H2,26,28,32)(H,27,29,30). The lowest BCUT2D eigenvalue weighted by Gasteiger charge is -2.30. The molecular formula is C25H36N6OS. The number of amides is 2. The van der Waals surface area contributed by atoms with Gasteiger partial charge in [0.15, 0.2) is 0 Å². The van der Waals surface area contributed by atoms with Gasteiger partial charge in [-0.25, -0.2) is 9.78 Å². The predicted molar refractivity (Wildman–Crippen MR) is 138 cm³/mol. The molecule has 33 heavy (non-hydrogen) atoms. The van der Waals surface area contributed by atoms with Gasteiger partial charge in [-0.2, -0.15) is 4.98 Å². The van der Waals surface area contributed by atoms with Crippen LogP contribution < -0.4 is 20.9 Å². The van der Waals surface area contributed by atoms with Crippen molar-refractivity contribution < 1.29 is 4.79 Å². The average molecular weight is 469 g/mol. The number of aromatic nitrogens is 2. The molecule has 7 nitrogen and oxygen atoms in total. The highest BCUT2D eigenvalue weighted by Gasteiger charge is 2.24.